The molecule has 0 atom stereocenters. The summed E-state index contributed by atoms with van der Waals surface area (Å²) in [5, 5.41) is 2.99. The lowest BCUT2D eigenvalue weighted by atomic mass is 9.56. The average molecular weight is 1390 g/mol. The van der Waals surface area contributed by atoms with Crippen LogP contribution in [-0.4, -0.2) is 123 Å². The molecule has 7 fully saturated rings. The maximum absolute atomic E-state index is 12.0. The zero-order valence-electron chi connectivity index (χ0n) is 71.9. The first-order valence-electron chi connectivity index (χ1n) is 41.5. The normalized spacial score (nSPS) is 22.7. The van der Waals surface area contributed by atoms with Gasteiger partial charge in [-0.3, -0.25) is 4.79 Å². The van der Waals surface area contributed by atoms with Crippen LogP contribution in [0.25, 0.3) is 0 Å². The lowest BCUT2D eigenvalue weighted by Gasteiger charge is -2.49. The van der Waals surface area contributed by atoms with Crippen molar-refractivity contribution >= 4 is 21.8 Å². The number of urea groups is 1. The van der Waals surface area contributed by atoms with E-state index in [2.05, 4.69) is 230 Å². The van der Waals surface area contributed by atoms with Crippen molar-refractivity contribution in [2.45, 2.75) is 356 Å². The van der Waals surface area contributed by atoms with Gasteiger partial charge in [-0.1, -0.05) is 220 Å². The molecular weight excluding hydrogens is 1210 g/mol. The van der Waals surface area contributed by atoms with Crippen molar-refractivity contribution in [2.24, 2.45) is 121 Å². The lowest BCUT2D eigenvalue weighted by Crippen LogP contribution is -2.51. The number of nitrogens with one attached hydrogen (secondary N) is 1. The van der Waals surface area contributed by atoms with Crippen LogP contribution in [0.1, 0.15) is 344 Å². The van der Waals surface area contributed by atoms with Gasteiger partial charge in [-0.15, -0.1) is 0 Å². The second kappa shape index (κ2) is 41.3. The first-order chi connectivity index (χ1) is 44.6. The van der Waals surface area contributed by atoms with Crippen LogP contribution in [0, 0.1) is 121 Å². The molecule has 5 saturated heterocycles. The van der Waals surface area contributed by atoms with Crippen molar-refractivity contribution in [1.82, 2.24) is 24.9 Å². The van der Waals surface area contributed by atoms with Gasteiger partial charge >= 0.3 is 6.03 Å². The summed E-state index contributed by atoms with van der Waals surface area (Å²) >= 11 is 0. The molecule has 7 rings (SSSR count). The summed E-state index contributed by atoms with van der Waals surface area (Å²) in [5.41, 5.74) is 3.74. The monoisotopic (exact) mass is 1390 g/mol. The highest BCUT2D eigenvalue weighted by molar-refractivity contribution is 7.91. The topological polar surface area (TPSA) is 93.3 Å². The van der Waals surface area contributed by atoms with E-state index in [-0.39, 0.29) is 23.4 Å². The number of carbonyl (C=O) groups excluding carboxylic acids is 2. The fraction of sp³-hybridized carbons (Fsp3) is 0.977. The van der Waals surface area contributed by atoms with E-state index in [0.29, 0.717) is 74.1 Å². The number of rotatable bonds is 16. The number of sulfone groups is 1. The van der Waals surface area contributed by atoms with Gasteiger partial charge in [0.05, 0.1) is 11.5 Å². The summed E-state index contributed by atoms with van der Waals surface area (Å²) in [7, 11) is -0.480. The second-order valence-corrected chi connectivity index (χ2v) is 40.7. The first kappa shape index (κ1) is 93.6. The Labute approximate surface area is 609 Å². The van der Waals surface area contributed by atoms with E-state index < -0.39 is 9.84 Å². The summed E-state index contributed by atoms with van der Waals surface area (Å²) in [5.74, 6) is 11.8. The van der Waals surface area contributed by atoms with E-state index >= 15 is 0 Å². The number of hydrogen-bond acceptors (Lipinski definition) is 6. The fourth-order valence-electron chi connectivity index (χ4n) is 20.7. The molecule has 7 aliphatic rings. The van der Waals surface area contributed by atoms with E-state index in [4.69, 9.17) is 0 Å². The zero-order valence-corrected chi connectivity index (χ0v) is 72.7. The second-order valence-electron chi connectivity index (χ2n) is 38.4. The van der Waals surface area contributed by atoms with Crippen molar-refractivity contribution < 1.29 is 18.0 Å². The molecule has 578 valence electrons. The van der Waals surface area contributed by atoms with Gasteiger partial charge in [0.15, 0.2) is 0 Å². The predicted octanol–water partition coefficient (Wildman–Crippen LogP) is 23.4. The molecule has 2 saturated carbocycles. The third-order valence-corrected chi connectivity index (χ3v) is 31.5. The van der Waals surface area contributed by atoms with Gasteiger partial charge in [-0.25, -0.2) is 13.2 Å². The number of piperidine rings is 4. The molecule has 0 unspecified atom stereocenters. The van der Waals surface area contributed by atoms with Gasteiger partial charge in [0.25, 0.3) is 0 Å². The maximum Gasteiger partial charge on any atom is 0.317 e. The number of carbonyl (C=O) groups is 2. The molecule has 0 spiro atoms. The summed E-state index contributed by atoms with van der Waals surface area (Å²) in [6.07, 6.45) is 23.6. The van der Waals surface area contributed by atoms with Crippen molar-refractivity contribution in [2.75, 3.05) is 70.9 Å². The minimum Gasteiger partial charge on any atom is -0.343 e. The Morgan fingerprint density at radius 1 is 0.299 bits per heavy atom. The van der Waals surface area contributed by atoms with Gasteiger partial charge < -0.3 is 24.9 Å². The quantitative estimate of drug-likeness (QED) is 0.165. The SMILES string of the molecule is CC(=O)N1CCC(C(C)C)(C(C)C)CC1.CC(C)C1(C(C)C)CCC1.CC(C)C1(C(C)C)CCCCC1.CC(C)C1(C(C)C)CCN(C)CC1.CC(C)C1(C(C)C)CCS(=O)(=O)CC1.CC(C)N1CCC(C(C)C)(C(C)C)CC1.CC(C)NC(=O)N1CCC(C(C)C)(C(C)C)CC1. The summed E-state index contributed by atoms with van der Waals surface area (Å²) in [6.45, 7) is 85.0. The van der Waals surface area contributed by atoms with Crippen LogP contribution >= 0.6 is 0 Å². The molecule has 5 aliphatic heterocycles. The van der Waals surface area contributed by atoms with Crippen molar-refractivity contribution in [1.29, 1.82) is 0 Å². The summed E-state index contributed by atoms with van der Waals surface area (Å²) in [6, 6.07) is 1.05. The standard InChI is InChI=1S/C15H30N2O.C14H29N.C13H25NO.C12H25N.C12H24.C11H22O2S.C10H20/c1-11(2)15(12(3)4)7-9-17(10-8-15)14(18)16-13(5)6;1-11(2)14(12(3)4)7-9-15(10-8-14)13(5)6;1-10(2)13(11(3)4)6-8-14(9-7-13)12(5)15;1-10(2)12(11(3)4)6-8-13(5)9-7-12;1-10(2)12(11(3)4)8-6-5-7-9-12;1-9(2)11(10(3)4)5-7-14(12,13)8-6-11;1-8(2)10(9(3)4)6-5-7-10/h11-13H,7-10H2,1-6H3,(H,16,18);11-13H,7-10H2,1-6H3;10-11H,6-9H2,1-5H3;10-11H,6-9H2,1-5H3;10-11H,5-9H2,1-4H3;9-10H,5-8H2,1-4H3;8-9H,5-7H2,1-4H3. The molecule has 2 aliphatic carbocycles. The summed E-state index contributed by atoms with van der Waals surface area (Å²) < 4.78 is 22.8. The third-order valence-electron chi connectivity index (χ3n) is 29.8. The van der Waals surface area contributed by atoms with Gasteiger partial charge in [-0.05, 0) is 272 Å². The smallest absolute Gasteiger partial charge is 0.317 e. The maximum atomic E-state index is 12.0. The van der Waals surface area contributed by atoms with E-state index in [1.807, 2.05) is 23.6 Å². The van der Waals surface area contributed by atoms with Crippen LogP contribution in [0.4, 0.5) is 4.79 Å². The van der Waals surface area contributed by atoms with E-state index in [1.165, 1.54) is 116 Å². The van der Waals surface area contributed by atoms with Crippen molar-refractivity contribution in [3.63, 3.8) is 0 Å². The van der Waals surface area contributed by atoms with Crippen molar-refractivity contribution in [3.8, 4) is 0 Å². The van der Waals surface area contributed by atoms with Gasteiger partial charge in [-0.2, -0.15) is 0 Å². The first-order valence-corrected chi connectivity index (χ1v) is 43.3. The molecule has 10 heteroatoms. The van der Waals surface area contributed by atoms with E-state index in [1.54, 1.807) is 6.92 Å². The Morgan fingerprint density at radius 2 is 0.526 bits per heavy atom. The Kier molecular flexibility index (Phi) is 39.9. The van der Waals surface area contributed by atoms with Crippen LogP contribution in [0.15, 0.2) is 0 Å². The molecule has 0 aromatic rings. The minimum atomic E-state index is -2.72. The van der Waals surface area contributed by atoms with Crippen LogP contribution in [0.3, 0.4) is 0 Å². The number of amides is 3. The third kappa shape index (κ3) is 25.4. The lowest BCUT2D eigenvalue weighted by molar-refractivity contribution is -0.132. The van der Waals surface area contributed by atoms with Crippen LogP contribution in [0.2, 0.25) is 0 Å². The molecule has 0 aromatic heterocycles. The van der Waals surface area contributed by atoms with Gasteiger partial charge in [0.1, 0.15) is 9.84 Å². The fourth-order valence-corrected chi connectivity index (χ4v) is 22.2. The number of likely N-dealkylation sites (tertiary alicyclic amines) is 4. The Hall–Kier alpha value is -1.39. The van der Waals surface area contributed by atoms with Crippen LogP contribution in [0.5, 0.6) is 0 Å². The Bertz CT molecular complexity index is 2160. The number of nitrogens with zero attached hydrogens (tertiary/aromatic N) is 4. The van der Waals surface area contributed by atoms with E-state index in [9.17, 15) is 18.0 Å². The number of hydrogen-bond donors (Lipinski definition) is 1. The van der Waals surface area contributed by atoms with Crippen molar-refractivity contribution in [3.05, 3.63) is 0 Å². The molecule has 5 heterocycles. The Balaban J connectivity index is 0.000000569. The van der Waals surface area contributed by atoms with Gasteiger partial charge in [0.2, 0.25) is 5.91 Å². The molecular formula is C87H175N5O4S. The highest BCUT2D eigenvalue weighted by atomic mass is 32.2. The Morgan fingerprint density at radius 3 is 0.742 bits per heavy atom. The molecule has 0 bridgehead atoms. The minimum absolute atomic E-state index is 0.103. The highest BCUT2D eigenvalue weighted by Crippen LogP contribution is 2.53. The molecule has 0 aromatic carbocycles. The summed E-state index contributed by atoms with van der Waals surface area (Å²) in [4.78, 5) is 32.3. The molecule has 3 amide bonds. The zero-order chi connectivity index (χ0) is 75.2. The van der Waals surface area contributed by atoms with Crippen LogP contribution in [-0.2, 0) is 14.6 Å². The highest BCUT2D eigenvalue weighted by Gasteiger charge is 2.46. The van der Waals surface area contributed by atoms with E-state index in [0.717, 1.165) is 111 Å². The van der Waals surface area contributed by atoms with Crippen LogP contribution < -0.4 is 5.32 Å². The molecule has 97 heavy (non-hydrogen) atoms. The largest absolute Gasteiger partial charge is 0.343 e. The predicted molar refractivity (Wildman–Crippen MR) is 428 cm³/mol. The molecule has 9 nitrogen and oxygen atoms in total. The molecule has 1 N–H and O–H groups in total. The average Bonchev–Trinajstić information content (AvgIpc) is 0.847. The van der Waals surface area contributed by atoms with Gasteiger partial charge in [0, 0.05) is 45.2 Å². The molecule has 0 radical (unpaired) electrons.